The van der Waals surface area contributed by atoms with Gasteiger partial charge in [-0.15, -0.1) is 11.3 Å². The number of carbonyl (C=O) groups excluding carboxylic acids is 1. The van der Waals surface area contributed by atoms with Crippen LogP contribution in [0.5, 0.6) is 0 Å². The Morgan fingerprint density at radius 1 is 1.55 bits per heavy atom. The molecule has 0 aliphatic heterocycles. The van der Waals surface area contributed by atoms with Crippen molar-refractivity contribution in [2.75, 3.05) is 12.4 Å². The summed E-state index contributed by atoms with van der Waals surface area (Å²) in [4.78, 5) is 30.5. The number of pyridine rings is 1. The molecule has 0 atom stereocenters. The van der Waals surface area contributed by atoms with Gasteiger partial charge < -0.3 is 10.1 Å². The first-order valence-electron chi connectivity index (χ1n) is 5.47. The lowest BCUT2D eigenvalue weighted by atomic mass is 10.3. The van der Waals surface area contributed by atoms with Crippen molar-refractivity contribution in [1.29, 1.82) is 0 Å². The minimum atomic E-state index is -0.652. The molecule has 0 bridgehead atoms. The molecule has 0 amide bonds. The number of ether oxygens (including phenoxy) is 1. The Morgan fingerprint density at radius 3 is 2.95 bits per heavy atom. The van der Waals surface area contributed by atoms with Gasteiger partial charge in [-0.05, 0) is 6.07 Å². The van der Waals surface area contributed by atoms with Gasteiger partial charge in [-0.1, -0.05) is 0 Å². The van der Waals surface area contributed by atoms with Crippen molar-refractivity contribution in [2.45, 2.75) is 6.54 Å². The lowest BCUT2D eigenvalue weighted by Gasteiger charge is -2.06. The predicted octanol–water partition coefficient (Wildman–Crippen LogP) is 1.84. The molecule has 0 aliphatic rings. The van der Waals surface area contributed by atoms with E-state index in [0.717, 1.165) is 4.88 Å². The van der Waals surface area contributed by atoms with Crippen molar-refractivity contribution in [3.05, 3.63) is 44.5 Å². The van der Waals surface area contributed by atoms with E-state index >= 15 is 0 Å². The zero-order chi connectivity index (χ0) is 14.5. The normalized spacial score (nSPS) is 10.1. The Bertz CT molecular complexity index is 629. The number of methoxy groups -OCH3 is 1. The quantitative estimate of drug-likeness (QED) is 0.509. The Kier molecular flexibility index (Phi) is 4.20. The highest BCUT2D eigenvalue weighted by atomic mass is 32.1. The van der Waals surface area contributed by atoms with Gasteiger partial charge in [0.1, 0.15) is 0 Å². The number of nitro groups is 1. The van der Waals surface area contributed by atoms with Crippen molar-refractivity contribution >= 4 is 28.8 Å². The Morgan fingerprint density at radius 2 is 2.35 bits per heavy atom. The second kappa shape index (κ2) is 6.06. The predicted molar refractivity (Wildman–Crippen MR) is 71.7 cm³/mol. The second-order valence-corrected chi connectivity index (χ2v) is 4.61. The largest absolute Gasteiger partial charge is 0.464 e. The summed E-state index contributed by atoms with van der Waals surface area (Å²) >= 11 is 1.41. The van der Waals surface area contributed by atoms with Gasteiger partial charge in [0, 0.05) is 17.1 Å². The van der Waals surface area contributed by atoms with E-state index < -0.39 is 10.9 Å². The first-order valence-corrected chi connectivity index (χ1v) is 6.34. The van der Waals surface area contributed by atoms with E-state index in [2.05, 4.69) is 20.0 Å². The van der Waals surface area contributed by atoms with Crippen LogP contribution in [0.1, 0.15) is 15.4 Å². The number of anilines is 1. The maximum atomic E-state index is 11.4. The Labute approximate surface area is 117 Å². The zero-order valence-corrected chi connectivity index (χ0v) is 11.2. The van der Waals surface area contributed by atoms with E-state index in [1.807, 2.05) is 0 Å². The van der Waals surface area contributed by atoms with Crippen molar-refractivity contribution in [3.63, 3.8) is 0 Å². The maximum absolute atomic E-state index is 11.4. The van der Waals surface area contributed by atoms with Crippen LogP contribution in [0, 0.1) is 10.1 Å². The third kappa shape index (κ3) is 3.06. The van der Waals surface area contributed by atoms with Gasteiger partial charge in [0.2, 0.25) is 5.82 Å². The highest BCUT2D eigenvalue weighted by Crippen LogP contribution is 2.23. The monoisotopic (exact) mass is 294 g/mol. The number of thiazole rings is 1. The van der Waals surface area contributed by atoms with Crippen LogP contribution in [-0.2, 0) is 11.3 Å². The van der Waals surface area contributed by atoms with Gasteiger partial charge >= 0.3 is 11.7 Å². The summed E-state index contributed by atoms with van der Waals surface area (Å²) in [5.41, 5.74) is 1.45. The summed E-state index contributed by atoms with van der Waals surface area (Å²) in [6.07, 6.45) is 1.65. The van der Waals surface area contributed by atoms with E-state index in [0.29, 0.717) is 6.54 Å². The van der Waals surface area contributed by atoms with Crippen LogP contribution in [0.25, 0.3) is 0 Å². The molecule has 2 rings (SSSR count). The zero-order valence-electron chi connectivity index (χ0n) is 10.4. The third-order valence-corrected chi connectivity index (χ3v) is 3.16. The summed E-state index contributed by atoms with van der Waals surface area (Å²) in [5, 5.41) is 13.8. The molecule has 0 unspecified atom stereocenters. The average Bonchev–Trinajstić information content (AvgIpc) is 2.97. The van der Waals surface area contributed by atoms with Crippen LogP contribution in [-0.4, -0.2) is 28.0 Å². The molecule has 0 aliphatic carbocycles. The van der Waals surface area contributed by atoms with Crippen molar-refractivity contribution in [1.82, 2.24) is 9.97 Å². The Balaban J connectivity index is 2.26. The fourth-order valence-electron chi connectivity index (χ4n) is 1.45. The smallest absolute Gasteiger partial charge is 0.356 e. The van der Waals surface area contributed by atoms with Crippen LogP contribution in [0.15, 0.2) is 23.8 Å². The minimum Gasteiger partial charge on any atom is -0.464 e. The van der Waals surface area contributed by atoms with Gasteiger partial charge in [-0.3, -0.25) is 15.1 Å². The topological polar surface area (TPSA) is 107 Å². The van der Waals surface area contributed by atoms with Crippen molar-refractivity contribution in [3.8, 4) is 0 Å². The molecule has 9 heteroatoms. The average molecular weight is 294 g/mol. The van der Waals surface area contributed by atoms with Crippen LogP contribution in [0.2, 0.25) is 0 Å². The summed E-state index contributed by atoms with van der Waals surface area (Å²) in [5.74, 6) is -0.632. The SMILES string of the molecule is COC(=O)c1ccc([N+](=O)[O-])c(NCc2cncs2)n1. The molecule has 104 valence electrons. The van der Waals surface area contributed by atoms with Crippen molar-refractivity contribution < 1.29 is 14.5 Å². The molecule has 0 spiro atoms. The molecule has 20 heavy (non-hydrogen) atoms. The van der Waals surface area contributed by atoms with Gasteiger partial charge in [0.25, 0.3) is 0 Å². The molecule has 0 saturated carbocycles. The van der Waals surface area contributed by atoms with E-state index in [4.69, 9.17) is 0 Å². The summed E-state index contributed by atoms with van der Waals surface area (Å²) in [6.45, 7) is 0.336. The van der Waals surface area contributed by atoms with Gasteiger partial charge in [-0.2, -0.15) is 0 Å². The van der Waals surface area contributed by atoms with E-state index in [1.54, 1.807) is 11.7 Å². The number of rotatable bonds is 5. The fourth-order valence-corrected chi connectivity index (χ4v) is 1.98. The van der Waals surface area contributed by atoms with E-state index in [1.165, 1.54) is 30.6 Å². The number of nitrogens with zero attached hydrogens (tertiary/aromatic N) is 3. The lowest BCUT2D eigenvalue weighted by molar-refractivity contribution is -0.384. The summed E-state index contributed by atoms with van der Waals surface area (Å²) in [6, 6.07) is 2.47. The molecular weight excluding hydrogens is 284 g/mol. The van der Waals surface area contributed by atoms with E-state index in [-0.39, 0.29) is 17.2 Å². The number of hydrogen-bond donors (Lipinski definition) is 1. The van der Waals surface area contributed by atoms with Crippen LogP contribution >= 0.6 is 11.3 Å². The van der Waals surface area contributed by atoms with Gasteiger partial charge in [0.05, 0.1) is 24.1 Å². The standard InChI is InChI=1S/C11H10N4O4S/c1-19-11(16)8-2-3-9(15(17)18)10(14-8)13-5-7-4-12-6-20-7/h2-4,6H,5H2,1H3,(H,13,14). The Hall–Kier alpha value is -2.55. The first-order chi connectivity index (χ1) is 9.61. The fraction of sp³-hybridized carbons (Fsp3) is 0.182. The first kappa shape index (κ1) is 13.9. The lowest BCUT2D eigenvalue weighted by Crippen LogP contribution is -2.09. The highest BCUT2D eigenvalue weighted by Gasteiger charge is 2.18. The molecular formula is C11H10N4O4S. The number of hydrogen-bond acceptors (Lipinski definition) is 8. The molecule has 1 N–H and O–H groups in total. The maximum Gasteiger partial charge on any atom is 0.356 e. The number of carbonyl (C=O) groups is 1. The molecule has 0 saturated heterocycles. The van der Waals surface area contributed by atoms with Crippen LogP contribution in [0.4, 0.5) is 11.5 Å². The number of aromatic nitrogens is 2. The highest BCUT2D eigenvalue weighted by molar-refractivity contribution is 7.09. The molecule has 0 radical (unpaired) electrons. The van der Waals surface area contributed by atoms with E-state index in [9.17, 15) is 14.9 Å². The second-order valence-electron chi connectivity index (χ2n) is 3.63. The van der Waals surface area contributed by atoms with Gasteiger partial charge in [0.15, 0.2) is 5.69 Å². The molecule has 0 aromatic carbocycles. The van der Waals surface area contributed by atoms with Gasteiger partial charge in [-0.25, -0.2) is 9.78 Å². The van der Waals surface area contributed by atoms with Crippen LogP contribution in [0.3, 0.4) is 0 Å². The molecule has 8 nitrogen and oxygen atoms in total. The molecule has 2 aromatic heterocycles. The third-order valence-electron chi connectivity index (χ3n) is 2.38. The van der Waals surface area contributed by atoms with Crippen LogP contribution < -0.4 is 5.32 Å². The minimum absolute atomic E-state index is 0.00454. The molecule has 0 fully saturated rings. The molecule has 2 aromatic rings. The summed E-state index contributed by atoms with van der Waals surface area (Å²) in [7, 11) is 1.22. The number of esters is 1. The number of nitrogens with one attached hydrogen (secondary N) is 1. The summed E-state index contributed by atoms with van der Waals surface area (Å²) < 4.78 is 4.53. The van der Waals surface area contributed by atoms with Crippen molar-refractivity contribution in [2.24, 2.45) is 0 Å². The molecule has 2 heterocycles.